The van der Waals surface area contributed by atoms with Gasteiger partial charge >= 0.3 is 0 Å². The van der Waals surface area contributed by atoms with E-state index < -0.39 is 5.91 Å². The van der Waals surface area contributed by atoms with Gasteiger partial charge in [0.1, 0.15) is 11.4 Å². The Labute approximate surface area is 191 Å². The van der Waals surface area contributed by atoms with Gasteiger partial charge in [-0.1, -0.05) is 41.4 Å². The van der Waals surface area contributed by atoms with Crippen LogP contribution >= 0.6 is 11.6 Å². The van der Waals surface area contributed by atoms with E-state index in [1.165, 1.54) is 12.0 Å². The Hall–Kier alpha value is -3.64. The molecule has 0 spiro atoms. The standard InChI is InChI=1S/C25H22ClN3O3/c1-15-7-9-19(16(2)12-15)22-23(28-20-13-17(26)8-10-21(20)32-3)25(31)29(24(22)30)14-18-6-4-5-11-27-18/h4-13,28H,14H2,1-3H3. The largest absolute Gasteiger partial charge is 0.495 e. The molecule has 162 valence electrons. The SMILES string of the molecule is COc1ccc(Cl)cc1NC1=C(c2ccc(C)cc2C)C(=O)N(Cc2ccccn2)C1=O. The first kappa shape index (κ1) is 21.6. The highest BCUT2D eigenvalue weighted by Crippen LogP contribution is 2.36. The predicted molar refractivity (Wildman–Crippen MR) is 124 cm³/mol. The number of nitrogens with one attached hydrogen (secondary N) is 1. The average Bonchev–Trinajstić information content (AvgIpc) is 2.99. The lowest BCUT2D eigenvalue weighted by atomic mass is 9.97. The molecular formula is C25H22ClN3O3. The molecule has 0 saturated carbocycles. The average molecular weight is 448 g/mol. The fraction of sp³-hybridized carbons (Fsp3) is 0.160. The van der Waals surface area contributed by atoms with Gasteiger partial charge in [0.25, 0.3) is 11.8 Å². The monoisotopic (exact) mass is 447 g/mol. The Kier molecular flexibility index (Phi) is 5.97. The molecule has 0 unspecified atom stereocenters. The number of carbonyl (C=O) groups is 2. The summed E-state index contributed by atoms with van der Waals surface area (Å²) in [6.45, 7) is 3.98. The molecule has 2 amide bonds. The molecule has 0 fully saturated rings. The molecule has 6 nitrogen and oxygen atoms in total. The quantitative estimate of drug-likeness (QED) is 0.552. The van der Waals surface area contributed by atoms with Crippen LogP contribution in [0.25, 0.3) is 5.57 Å². The lowest BCUT2D eigenvalue weighted by Gasteiger charge is -2.15. The van der Waals surface area contributed by atoms with E-state index in [4.69, 9.17) is 16.3 Å². The lowest BCUT2D eigenvalue weighted by Crippen LogP contribution is -2.32. The first-order valence-electron chi connectivity index (χ1n) is 10.1. The number of imide groups is 1. The Morgan fingerprint density at radius 2 is 1.84 bits per heavy atom. The van der Waals surface area contributed by atoms with Crippen molar-refractivity contribution in [3.63, 3.8) is 0 Å². The van der Waals surface area contributed by atoms with Crippen molar-refractivity contribution < 1.29 is 14.3 Å². The molecule has 0 radical (unpaired) electrons. The number of pyridine rings is 1. The highest BCUT2D eigenvalue weighted by molar-refractivity contribution is 6.37. The number of amides is 2. The van der Waals surface area contributed by atoms with Gasteiger partial charge in [0.15, 0.2) is 0 Å². The number of aromatic nitrogens is 1. The number of aryl methyl sites for hydroxylation is 2. The van der Waals surface area contributed by atoms with Crippen molar-refractivity contribution in [2.75, 3.05) is 12.4 Å². The number of anilines is 1. The van der Waals surface area contributed by atoms with Crippen LogP contribution in [-0.4, -0.2) is 28.8 Å². The van der Waals surface area contributed by atoms with Crippen LogP contribution in [0.5, 0.6) is 5.75 Å². The summed E-state index contributed by atoms with van der Waals surface area (Å²) in [5.41, 5.74) is 4.27. The third-order valence-corrected chi connectivity index (χ3v) is 5.52. The van der Waals surface area contributed by atoms with Crippen LogP contribution in [-0.2, 0) is 16.1 Å². The van der Waals surface area contributed by atoms with E-state index in [0.717, 1.165) is 11.1 Å². The summed E-state index contributed by atoms with van der Waals surface area (Å²) in [5.74, 6) is -0.306. The molecule has 0 bridgehead atoms. The number of halogens is 1. The number of methoxy groups -OCH3 is 1. The molecule has 32 heavy (non-hydrogen) atoms. The maximum absolute atomic E-state index is 13.5. The van der Waals surface area contributed by atoms with Gasteiger partial charge in [-0.2, -0.15) is 0 Å². The van der Waals surface area contributed by atoms with Crippen LogP contribution in [0.2, 0.25) is 5.02 Å². The second-order valence-electron chi connectivity index (χ2n) is 7.56. The number of hydrogen-bond donors (Lipinski definition) is 1. The fourth-order valence-corrected chi connectivity index (χ4v) is 3.92. The number of nitrogens with zero attached hydrogens (tertiary/aromatic N) is 2. The van der Waals surface area contributed by atoms with Crippen LogP contribution in [0.1, 0.15) is 22.4 Å². The summed E-state index contributed by atoms with van der Waals surface area (Å²) in [5, 5.41) is 3.60. The summed E-state index contributed by atoms with van der Waals surface area (Å²) in [6, 6.07) is 16.2. The Morgan fingerprint density at radius 3 is 2.53 bits per heavy atom. The zero-order valence-electron chi connectivity index (χ0n) is 18.0. The van der Waals surface area contributed by atoms with Crippen molar-refractivity contribution in [1.29, 1.82) is 0 Å². The molecule has 7 heteroatoms. The maximum Gasteiger partial charge on any atom is 0.278 e. The Morgan fingerprint density at radius 1 is 1.03 bits per heavy atom. The molecule has 1 N–H and O–H groups in total. The molecule has 1 aromatic heterocycles. The second kappa shape index (κ2) is 8.85. The van der Waals surface area contributed by atoms with Crippen LogP contribution in [0.3, 0.4) is 0 Å². The van der Waals surface area contributed by atoms with Crippen LogP contribution < -0.4 is 10.1 Å². The van der Waals surface area contributed by atoms with E-state index in [1.54, 1.807) is 36.5 Å². The highest BCUT2D eigenvalue weighted by atomic mass is 35.5. The van der Waals surface area contributed by atoms with Crippen LogP contribution in [0.4, 0.5) is 5.69 Å². The van der Waals surface area contributed by atoms with Crippen LogP contribution in [0.15, 0.2) is 66.5 Å². The number of rotatable bonds is 6. The molecule has 4 rings (SSSR count). The van der Waals surface area contributed by atoms with Crippen molar-refractivity contribution in [3.05, 3.63) is 93.9 Å². The minimum Gasteiger partial charge on any atom is -0.495 e. The van der Waals surface area contributed by atoms with E-state index in [0.29, 0.717) is 33.3 Å². The van der Waals surface area contributed by atoms with Gasteiger partial charge in [-0.15, -0.1) is 0 Å². The van der Waals surface area contributed by atoms with E-state index >= 15 is 0 Å². The number of ether oxygens (including phenoxy) is 1. The Bertz CT molecular complexity index is 1240. The van der Waals surface area contributed by atoms with Crippen molar-refractivity contribution in [3.8, 4) is 5.75 Å². The lowest BCUT2D eigenvalue weighted by molar-refractivity contribution is -0.137. The first-order chi connectivity index (χ1) is 15.4. The first-order valence-corrected chi connectivity index (χ1v) is 10.5. The van der Waals surface area contributed by atoms with Gasteiger partial charge in [-0.3, -0.25) is 19.5 Å². The van der Waals surface area contributed by atoms with Crippen LogP contribution in [0, 0.1) is 13.8 Å². The summed E-state index contributed by atoms with van der Waals surface area (Å²) < 4.78 is 5.41. The molecule has 2 aromatic carbocycles. The number of hydrogen-bond acceptors (Lipinski definition) is 5. The predicted octanol–water partition coefficient (Wildman–Crippen LogP) is 4.75. The van der Waals surface area contributed by atoms with Crippen molar-refractivity contribution in [2.24, 2.45) is 0 Å². The van der Waals surface area contributed by atoms with Gasteiger partial charge < -0.3 is 10.1 Å². The molecule has 0 aliphatic carbocycles. The van der Waals surface area contributed by atoms with E-state index in [-0.39, 0.29) is 18.1 Å². The molecule has 3 aromatic rings. The minimum atomic E-state index is -0.433. The van der Waals surface area contributed by atoms with Crippen molar-refractivity contribution in [2.45, 2.75) is 20.4 Å². The summed E-state index contributed by atoms with van der Waals surface area (Å²) in [6.07, 6.45) is 1.63. The topological polar surface area (TPSA) is 71.5 Å². The smallest absolute Gasteiger partial charge is 0.278 e. The summed E-state index contributed by atoms with van der Waals surface area (Å²) in [7, 11) is 1.53. The zero-order valence-corrected chi connectivity index (χ0v) is 18.7. The summed E-state index contributed by atoms with van der Waals surface area (Å²) in [4.78, 5) is 32.4. The maximum atomic E-state index is 13.5. The van der Waals surface area contributed by atoms with Crippen molar-refractivity contribution in [1.82, 2.24) is 9.88 Å². The van der Waals surface area contributed by atoms with E-state index in [1.807, 2.05) is 38.1 Å². The van der Waals surface area contributed by atoms with Gasteiger partial charge in [-0.25, -0.2) is 0 Å². The normalized spacial score (nSPS) is 13.7. The molecular weight excluding hydrogens is 426 g/mol. The number of benzene rings is 2. The van der Waals surface area contributed by atoms with E-state index in [9.17, 15) is 9.59 Å². The molecule has 0 atom stereocenters. The molecule has 1 aliphatic rings. The molecule has 1 aliphatic heterocycles. The third kappa shape index (κ3) is 4.09. The van der Waals surface area contributed by atoms with E-state index in [2.05, 4.69) is 10.3 Å². The van der Waals surface area contributed by atoms with Gasteiger partial charge in [0.05, 0.1) is 30.6 Å². The molecule has 0 saturated heterocycles. The Balaban J connectivity index is 1.82. The third-order valence-electron chi connectivity index (χ3n) is 5.29. The minimum absolute atomic E-state index is 0.0742. The van der Waals surface area contributed by atoms with Gasteiger partial charge in [0, 0.05) is 11.2 Å². The molecule has 2 heterocycles. The summed E-state index contributed by atoms with van der Waals surface area (Å²) >= 11 is 6.17. The highest BCUT2D eigenvalue weighted by Gasteiger charge is 2.40. The van der Waals surface area contributed by atoms with Crippen molar-refractivity contribution >= 4 is 34.7 Å². The van der Waals surface area contributed by atoms with Gasteiger partial charge in [0.2, 0.25) is 0 Å². The second-order valence-corrected chi connectivity index (χ2v) is 7.99. The van der Waals surface area contributed by atoms with Gasteiger partial charge in [-0.05, 0) is 55.3 Å². The fourth-order valence-electron chi connectivity index (χ4n) is 3.75. The zero-order chi connectivity index (χ0) is 22.8. The number of carbonyl (C=O) groups excluding carboxylic acids is 2.